The zero-order chi connectivity index (χ0) is 9.97. The number of carbonyl (C=O) groups excluding carboxylic acids is 1. The Morgan fingerprint density at radius 1 is 1.40 bits per heavy atom. The normalized spacial score (nSPS) is 14.1. The maximum Gasteiger partial charge on any atom is 0.240 e. The molecule has 4 heteroatoms. The molecule has 15 heavy (non-hydrogen) atoms. The maximum atomic E-state index is 11.5. The number of anilines is 1. The third-order valence-corrected chi connectivity index (χ3v) is 2.59. The maximum absolute atomic E-state index is 11.5. The van der Waals surface area contributed by atoms with Crippen molar-refractivity contribution in [3.8, 4) is 0 Å². The third kappa shape index (κ3) is 2.38. The molecule has 0 atom stereocenters. The minimum Gasteiger partial charge on any atom is -0.322 e. The van der Waals surface area contributed by atoms with Crippen LogP contribution in [0, 0.1) is 0 Å². The minimum absolute atomic E-state index is 0. The van der Waals surface area contributed by atoms with E-state index in [4.69, 9.17) is 5.73 Å². The number of rotatable bonds is 1. The van der Waals surface area contributed by atoms with E-state index in [2.05, 4.69) is 6.07 Å². The van der Waals surface area contributed by atoms with Crippen molar-refractivity contribution >= 4 is 28.6 Å². The van der Waals surface area contributed by atoms with E-state index in [1.165, 1.54) is 5.56 Å². The van der Waals surface area contributed by atoms with E-state index in [1.807, 2.05) is 18.2 Å². The van der Waals surface area contributed by atoms with Crippen molar-refractivity contribution < 1.29 is 4.79 Å². The summed E-state index contributed by atoms with van der Waals surface area (Å²) in [6, 6.07) is 8.03. The lowest BCUT2D eigenvalue weighted by Crippen LogP contribution is -2.39. The molecule has 0 fully saturated rings. The van der Waals surface area contributed by atoms with Crippen LogP contribution in [-0.4, -0.2) is 19.0 Å². The Bertz CT molecular complexity index is 354. The highest BCUT2D eigenvalue weighted by Crippen LogP contribution is 2.26. The molecule has 1 aromatic carbocycles. The Kier molecular flexibility index (Phi) is 4.29. The molecule has 0 saturated carbocycles. The largest absolute Gasteiger partial charge is 0.322 e. The Hall–Kier alpha value is -0.870. The van der Waals surface area contributed by atoms with Crippen LogP contribution >= 0.6 is 17.0 Å². The molecule has 0 aliphatic carbocycles. The van der Waals surface area contributed by atoms with Gasteiger partial charge in [-0.15, -0.1) is 17.0 Å². The highest BCUT2D eigenvalue weighted by Gasteiger charge is 2.20. The fourth-order valence-electron chi connectivity index (χ4n) is 1.90. The molecule has 1 aromatic rings. The standard InChI is InChI=1S/C11H14N2O.BrH/c12-8-11(14)13-7-3-5-9-4-1-2-6-10(9)13;/h1-2,4,6H,3,5,7-8,12H2;1H. The molecule has 2 N–H and O–H groups in total. The van der Waals surface area contributed by atoms with E-state index in [1.54, 1.807) is 4.90 Å². The zero-order valence-corrected chi connectivity index (χ0v) is 10.2. The lowest BCUT2D eigenvalue weighted by molar-refractivity contribution is -0.117. The van der Waals surface area contributed by atoms with Gasteiger partial charge in [0.05, 0.1) is 6.54 Å². The van der Waals surface area contributed by atoms with Gasteiger partial charge in [0.2, 0.25) is 5.91 Å². The van der Waals surface area contributed by atoms with E-state index in [0.29, 0.717) is 0 Å². The van der Waals surface area contributed by atoms with E-state index in [-0.39, 0.29) is 29.4 Å². The molecule has 1 amide bonds. The van der Waals surface area contributed by atoms with Crippen molar-refractivity contribution in [2.45, 2.75) is 12.8 Å². The van der Waals surface area contributed by atoms with Crippen LogP contribution in [0.3, 0.4) is 0 Å². The first kappa shape index (κ1) is 12.2. The van der Waals surface area contributed by atoms with Crippen LogP contribution in [0.4, 0.5) is 5.69 Å². The monoisotopic (exact) mass is 270 g/mol. The average molecular weight is 271 g/mol. The molecule has 0 unspecified atom stereocenters. The summed E-state index contributed by atoms with van der Waals surface area (Å²) in [7, 11) is 0. The molecule has 1 aliphatic rings. The molecule has 0 aromatic heterocycles. The summed E-state index contributed by atoms with van der Waals surface area (Å²) in [5, 5.41) is 0. The smallest absolute Gasteiger partial charge is 0.240 e. The van der Waals surface area contributed by atoms with Crippen LogP contribution in [0.2, 0.25) is 0 Å². The topological polar surface area (TPSA) is 46.3 Å². The van der Waals surface area contributed by atoms with Crippen LogP contribution in [0.25, 0.3) is 0 Å². The van der Waals surface area contributed by atoms with Gasteiger partial charge < -0.3 is 10.6 Å². The second-order valence-corrected chi connectivity index (χ2v) is 3.48. The highest BCUT2D eigenvalue weighted by atomic mass is 79.9. The van der Waals surface area contributed by atoms with Gasteiger partial charge in [-0.25, -0.2) is 0 Å². The van der Waals surface area contributed by atoms with Gasteiger partial charge in [0.15, 0.2) is 0 Å². The lowest BCUT2D eigenvalue weighted by Gasteiger charge is -2.29. The molecule has 0 radical (unpaired) electrons. The lowest BCUT2D eigenvalue weighted by atomic mass is 10.0. The van der Waals surface area contributed by atoms with Crippen molar-refractivity contribution in [3.05, 3.63) is 29.8 Å². The van der Waals surface area contributed by atoms with Gasteiger partial charge in [-0.1, -0.05) is 18.2 Å². The third-order valence-electron chi connectivity index (χ3n) is 2.59. The van der Waals surface area contributed by atoms with Crippen molar-refractivity contribution in [3.63, 3.8) is 0 Å². The Labute approximate surface area is 100 Å². The summed E-state index contributed by atoms with van der Waals surface area (Å²) in [4.78, 5) is 13.3. The molecule has 1 aliphatic heterocycles. The number of halogens is 1. The minimum atomic E-state index is 0. The average Bonchev–Trinajstić information content (AvgIpc) is 2.27. The van der Waals surface area contributed by atoms with Gasteiger partial charge in [0.1, 0.15) is 0 Å². The summed E-state index contributed by atoms with van der Waals surface area (Å²) < 4.78 is 0. The molecule has 0 spiro atoms. The summed E-state index contributed by atoms with van der Waals surface area (Å²) in [6.45, 7) is 0.890. The van der Waals surface area contributed by atoms with Gasteiger partial charge in [-0.3, -0.25) is 4.79 Å². The Morgan fingerprint density at radius 3 is 2.87 bits per heavy atom. The van der Waals surface area contributed by atoms with Crippen LogP contribution in [0.1, 0.15) is 12.0 Å². The van der Waals surface area contributed by atoms with E-state index in [9.17, 15) is 4.79 Å². The predicted molar refractivity (Wildman–Crippen MR) is 66.5 cm³/mol. The van der Waals surface area contributed by atoms with Gasteiger partial charge in [0.25, 0.3) is 0 Å². The first-order valence-electron chi connectivity index (χ1n) is 4.91. The van der Waals surface area contributed by atoms with Crippen molar-refractivity contribution in [2.75, 3.05) is 18.0 Å². The van der Waals surface area contributed by atoms with Gasteiger partial charge >= 0.3 is 0 Å². The highest BCUT2D eigenvalue weighted by molar-refractivity contribution is 8.93. The van der Waals surface area contributed by atoms with E-state index < -0.39 is 0 Å². The Morgan fingerprint density at radius 2 is 2.13 bits per heavy atom. The molecular weight excluding hydrogens is 256 g/mol. The molecule has 0 saturated heterocycles. The second kappa shape index (κ2) is 5.28. The Balaban J connectivity index is 0.00000112. The quantitative estimate of drug-likeness (QED) is 0.841. The van der Waals surface area contributed by atoms with Gasteiger partial charge in [-0.05, 0) is 24.5 Å². The number of nitrogens with zero attached hydrogens (tertiary/aromatic N) is 1. The number of benzene rings is 1. The first-order valence-corrected chi connectivity index (χ1v) is 4.91. The number of hydrogen-bond donors (Lipinski definition) is 1. The number of para-hydroxylation sites is 1. The van der Waals surface area contributed by atoms with Gasteiger partial charge in [-0.2, -0.15) is 0 Å². The molecule has 82 valence electrons. The van der Waals surface area contributed by atoms with E-state index in [0.717, 1.165) is 25.1 Å². The number of aryl methyl sites for hydroxylation is 1. The van der Waals surface area contributed by atoms with E-state index >= 15 is 0 Å². The molecule has 1 heterocycles. The van der Waals surface area contributed by atoms with Crippen molar-refractivity contribution in [1.29, 1.82) is 0 Å². The molecular formula is C11H15BrN2O. The van der Waals surface area contributed by atoms with Crippen molar-refractivity contribution in [1.82, 2.24) is 0 Å². The second-order valence-electron chi connectivity index (χ2n) is 3.48. The summed E-state index contributed by atoms with van der Waals surface area (Å²) in [6.07, 6.45) is 2.09. The first-order chi connectivity index (χ1) is 6.83. The van der Waals surface area contributed by atoms with Crippen LogP contribution in [-0.2, 0) is 11.2 Å². The number of nitrogens with two attached hydrogens (primary N) is 1. The molecule has 2 rings (SSSR count). The summed E-state index contributed by atoms with van der Waals surface area (Å²) in [5.74, 6) is 0.0113. The van der Waals surface area contributed by atoms with Crippen LogP contribution < -0.4 is 10.6 Å². The molecule has 3 nitrogen and oxygen atoms in total. The number of carbonyl (C=O) groups is 1. The number of amides is 1. The summed E-state index contributed by atoms with van der Waals surface area (Å²) in [5.41, 5.74) is 7.66. The summed E-state index contributed by atoms with van der Waals surface area (Å²) >= 11 is 0. The molecule has 0 bridgehead atoms. The number of hydrogen-bond acceptors (Lipinski definition) is 2. The predicted octanol–water partition coefficient (Wildman–Crippen LogP) is 1.50. The van der Waals surface area contributed by atoms with Gasteiger partial charge in [0, 0.05) is 12.2 Å². The van der Waals surface area contributed by atoms with Crippen LogP contribution in [0.5, 0.6) is 0 Å². The fraction of sp³-hybridized carbons (Fsp3) is 0.364. The van der Waals surface area contributed by atoms with Crippen LogP contribution in [0.15, 0.2) is 24.3 Å². The van der Waals surface area contributed by atoms with Crippen molar-refractivity contribution in [2.24, 2.45) is 5.73 Å². The fourth-order valence-corrected chi connectivity index (χ4v) is 1.90. The SMILES string of the molecule is Br.NCC(=O)N1CCCc2ccccc21. The zero-order valence-electron chi connectivity index (χ0n) is 8.48. The number of fused-ring (bicyclic) bond motifs is 1.